The van der Waals surface area contributed by atoms with E-state index in [1.54, 1.807) is 26.0 Å². The van der Waals surface area contributed by atoms with Gasteiger partial charge < -0.3 is 9.84 Å². The molecule has 1 unspecified atom stereocenters. The molecule has 0 radical (unpaired) electrons. The lowest BCUT2D eigenvalue weighted by molar-refractivity contribution is -0.145. The molecule has 0 saturated heterocycles. The standard InChI is InChI=1S/C23H24FNO4/c1-4-5-11-29-23(28)14(2)21-15(3)25(20-10-9-18(26)13-19(20)21)22(27)16-7-6-8-17(24)12-16/h6-10,12-14,26H,4-5,11H2,1-3H3. The van der Waals surface area contributed by atoms with E-state index in [9.17, 15) is 19.1 Å². The summed E-state index contributed by atoms with van der Waals surface area (Å²) >= 11 is 0. The van der Waals surface area contributed by atoms with Crippen molar-refractivity contribution < 1.29 is 23.8 Å². The highest BCUT2D eigenvalue weighted by molar-refractivity contribution is 6.05. The zero-order valence-electron chi connectivity index (χ0n) is 16.7. The van der Waals surface area contributed by atoms with Crippen LogP contribution in [0.3, 0.4) is 0 Å². The van der Waals surface area contributed by atoms with Crippen LogP contribution in [0.25, 0.3) is 10.9 Å². The molecule has 1 aromatic heterocycles. The molecule has 3 aromatic rings. The van der Waals surface area contributed by atoms with Crippen molar-refractivity contribution in [3.8, 4) is 5.75 Å². The van der Waals surface area contributed by atoms with Gasteiger partial charge >= 0.3 is 5.97 Å². The summed E-state index contributed by atoms with van der Waals surface area (Å²) in [6, 6.07) is 10.1. The molecule has 2 aromatic carbocycles. The van der Waals surface area contributed by atoms with Gasteiger partial charge in [-0.1, -0.05) is 19.4 Å². The van der Waals surface area contributed by atoms with Crippen LogP contribution in [0.2, 0.25) is 0 Å². The first-order chi connectivity index (χ1) is 13.8. The van der Waals surface area contributed by atoms with Crippen molar-refractivity contribution in [2.45, 2.75) is 39.5 Å². The lowest BCUT2D eigenvalue weighted by Crippen LogP contribution is -2.17. The van der Waals surface area contributed by atoms with Crippen LogP contribution in [0.4, 0.5) is 4.39 Å². The van der Waals surface area contributed by atoms with Crippen molar-refractivity contribution in [3.63, 3.8) is 0 Å². The van der Waals surface area contributed by atoms with Crippen molar-refractivity contribution in [1.29, 1.82) is 0 Å². The highest BCUT2D eigenvalue weighted by atomic mass is 19.1. The third kappa shape index (κ3) is 4.01. The van der Waals surface area contributed by atoms with Crippen molar-refractivity contribution >= 4 is 22.8 Å². The van der Waals surface area contributed by atoms with Gasteiger partial charge in [0.05, 0.1) is 18.0 Å². The fourth-order valence-corrected chi connectivity index (χ4v) is 3.55. The number of nitrogens with zero attached hydrogens (tertiary/aromatic N) is 1. The summed E-state index contributed by atoms with van der Waals surface area (Å²) in [6.45, 7) is 5.80. The maximum Gasteiger partial charge on any atom is 0.313 e. The number of aromatic nitrogens is 1. The number of halogens is 1. The van der Waals surface area contributed by atoms with E-state index in [0.29, 0.717) is 28.8 Å². The van der Waals surface area contributed by atoms with Gasteiger partial charge in [0.15, 0.2) is 0 Å². The van der Waals surface area contributed by atoms with Gasteiger partial charge in [-0.2, -0.15) is 0 Å². The Kier molecular flexibility index (Phi) is 6.01. The monoisotopic (exact) mass is 397 g/mol. The number of ether oxygens (including phenoxy) is 1. The number of phenolic OH excluding ortho intramolecular Hbond substituents is 1. The number of aromatic hydroxyl groups is 1. The van der Waals surface area contributed by atoms with Crippen LogP contribution < -0.4 is 0 Å². The molecule has 0 aliphatic carbocycles. The first-order valence-electron chi connectivity index (χ1n) is 9.66. The van der Waals surface area contributed by atoms with E-state index in [-0.39, 0.29) is 17.3 Å². The van der Waals surface area contributed by atoms with Gasteiger partial charge in [0, 0.05) is 16.6 Å². The Balaban J connectivity index is 2.12. The molecule has 0 amide bonds. The molecular formula is C23H24FNO4. The van der Waals surface area contributed by atoms with Gasteiger partial charge in [-0.3, -0.25) is 14.2 Å². The quantitative estimate of drug-likeness (QED) is 0.473. The van der Waals surface area contributed by atoms with Crippen LogP contribution in [0.15, 0.2) is 42.5 Å². The Morgan fingerprint density at radius 3 is 2.66 bits per heavy atom. The number of esters is 1. The Morgan fingerprint density at radius 2 is 1.97 bits per heavy atom. The molecule has 5 nitrogen and oxygen atoms in total. The summed E-state index contributed by atoms with van der Waals surface area (Å²) in [4.78, 5) is 25.7. The fraction of sp³-hybridized carbons (Fsp3) is 0.304. The Bertz CT molecular complexity index is 1070. The average molecular weight is 397 g/mol. The first-order valence-corrected chi connectivity index (χ1v) is 9.66. The second-order valence-corrected chi connectivity index (χ2v) is 7.09. The average Bonchev–Trinajstić information content (AvgIpc) is 2.97. The second kappa shape index (κ2) is 8.47. The number of unbranched alkanes of at least 4 members (excludes halogenated alkanes) is 1. The maximum absolute atomic E-state index is 13.6. The van der Waals surface area contributed by atoms with Crippen LogP contribution in [-0.2, 0) is 9.53 Å². The zero-order valence-corrected chi connectivity index (χ0v) is 16.7. The molecule has 1 atom stereocenters. The molecule has 0 saturated carbocycles. The molecule has 0 fully saturated rings. The molecular weight excluding hydrogens is 373 g/mol. The topological polar surface area (TPSA) is 68.5 Å². The van der Waals surface area contributed by atoms with E-state index < -0.39 is 17.6 Å². The summed E-state index contributed by atoms with van der Waals surface area (Å²) in [7, 11) is 0. The lowest BCUT2D eigenvalue weighted by atomic mass is 9.98. The third-order valence-corrected chi connectivity index (χ3v) is 5.04. The lowest BCUT2D eigenvalue weighted by Gasteiger charge is -2.13. The van der Waals surface area contributed by atoms with Gasteiger partial charge in [0.25, 0.3) is 5.91 Å². The third-order valence-electron chi connectivity index (χ3n) is 5.04. The second-order valence-electron chi connectivity index (χ2n) is 7.09. The summed E-state index contributed by atoms with van der Waals surface area (Å²) in [5.41, 5.74) is 1.91. The molecule has 152 valence electrons. The first kappa shape index (κ1) is 20.6. The zero-order chi connectivity index (χ0) is 21.1. The van der Waals surface area contributed by atoms with Crippen molar-refractivity contribution in [2.75, 3.05) is 6.61 Å². The molecule has 1 heterocycles. The number of carbonyl (C=O) groups excluding carboxylic acids is 2. The summed E-state index contributed by atoms with van der Waals surface area (Å²) in [6.07, 6.45) is 1.69. The Labute approximate surface area is 168 Å². The minimum Gasteiger partial charge on any atom is -0.508 e. The van der Waals surface area contributed by atoms with Crippen LogP contribution in [0, 0.1) is 12.7 Å². The van der Waals surface area contributed by atoms with E-state index in [1.165, 1.54) is 34.9 Å². The molecule has 1 N–H and O–H groups in total. The van der Waals surface area contributed by atoms with E-state index in [1.807, 2.05) is 6.92 Å². The summed E-state index contributed by atoms with van der Waals surface area (Å²) < 4.78 is 20.5. The minimum absolute atomic E-state index is 0.0284. The van der Waals surface area contributed by atoms with Gasteiger partial charge in [-0.25, -0.2) is 4.39 Å². The number of hydrogen-bond acceptors (Lipinski definition) is 4. The number of fused-ring (bicyclic) bond motifs is 1. The maximum atomic E-state index is 13.6. The van der Waals surface area contributed by atoms with Gasteiger partial charge in [0.2, 0.25) is 0 Å². The predicted molar refractivity (Wildman–Crippen MR) is 109 cm³/mol. The predicted octanol–water partition coefficient (Wildman–Crippen LogP) is 4.93. The highest BCUT2D eigenvalue weighted by Gasteiger charge is 2.27. The van der Waals surface area contributed by atoms with Gasteiger partial charge in [-0.05, 0) is 62.2 Å². The van der Waals surface area contributed by atoms with Crippen LogP contribution in [0.1, 0.15) is 54.2 Å². The smallest absolute Gasteiger partial charge is 0.313 e. The molecule has 0 aliphatic rings. The SMILES string of the molecule is CCCCOC(=O)C(C)c1c(C)n(C(=O)c2cccc(F)c2)c2ccc(O)cc12. The van der Waals surface area contributed by atoms with Crippen LogP contribution in [-0.4, -0.2) is 28.2 Å². The molecule has 0 bridgehead atoms. The van der Waals surface area contributed by atoms with E-state index in [2.05, 4.69) is 0 Å². The normalized spacial score (nSPS) is 12.1. The summed E-state index contributed by atoms with van der Waals surface area (Å²) in [5.74, 6) is -1.90. The van der Waals surface area contributed by atoms with Crippen LogP contribution in [0.5, 0.6) is 5.75 Å². The molecule has 0 spiro atoms. The van der Waals surface area contributed by atoms with Crippen molar-refractivity contribution in [3.05, 3.63) is 65.1 Å². The fourth-order valence-electron chi connectivity index (χ4n) is 3.55. The van der Waals surface area contributed by atoms with E-state index >= 15 is 0 Å². The van der Waals surface area contributed by atoms with Gasteiger partial charge in [0.1, 0.15) is 11.6 Å². The number of benzene rings is 2. The Hall–Kier alpha value is -3.15. The number of rotatable bonds is 6. The number of carbonyl (C=O) groups is 2. The Morgan fingerprint density at radius 1 is 1.21 bits per heavy atom. The highest BCUT2D eigenvalue weighted by Crippen LogP contribution is 2.35. The number of phenols is 1. The summed E-state index contributed by atoms with van der Waals surface area (Å²) in [5, 5.41) is 10.6. The van der Waals surface area contributed by atoms with E-state index in [4.69, 9.17) is 4.74 Å². The molecule has 6 heteroatoms. The number of hydrogen-bond donors (Lipinski definition) is 1. The van der Waals surface area contributed by atoms with E-state index in [0.717, 1.165) is 12.8 Å². The van der Waals surface area contributed by atoms with Gasteiger partial charge in [-0.15, -0.1) is 0 Å². The minimum atomic E-state index is -0.627. The molecule has 29 heavy (non-hydrogen) atoms. The molecule has 0 aliphatic heterocycles. The largest absolute Gasteiger partial charge is 0.508 e. The van der Waals surface area contributed by atoms with Crippen molar-refractivity contribution in [1.82, 2.24) is 4.57 Å². The van der Waals surface area contributed by atoms with Crippen molar-refractivity contribution in [2.24, 2.45) is 0 Å². The van der Waals surface area contributed by atoms with Crippen LogP contribution >= 0.6 is 0 Å². The molecule has 3 rings (SSSR count).